The predicted molar refractivity (Wildman–Crippen MR) is 66.1 cm³/mol. The highest BCUT2D eigenvalue weighted by Gasteiger charge is 2.01. The Hall–Kier alpha value is -1.67. The molecule has 0 saturated heterocycles. The molecule has 0 fully saturated rings. The summed E-state index contributed by atoms with van der Waals surface area (Å²) in [6.07, 6.45) is 4.65. The lowest BCUT2D eigenvalue weighted by Crippen LogP contribution is -1.99. The number of nitrogens with zero attached hydrogens (tertiary/aromatic N) is 1. The highest BCUT2D eigenvalue weighted by atomic mass is 14.6. The van der Waals surface area contributed by atoms with Crippen LogP contribution in [-0.2, 0) is 13.0 Å². The second-order valence-corrected chi connectivity index (χ2v) is 4.00. The molecule has 0 unspecified atom stereocenters. The van der Waals surface area contributed by atoms with E-state index in [1.54, 1.807) is 6.20 Å². The van der Waals surface area contributed by atoms with Gasteiger partial charge in [-0.2, -0.15) is 0 Å². The van der Waals surface area contributed by atoms with E-state index in [0.29, 0.717) is 6.54 Å². The van der Waals surface area contributed by atoms with E-state index < -0.39 is 0 Å². The summed E-state index contributed by atoms with van der Waals surface area (Å²) >= 11 is 0. The Morgan fingerprint density at radius 3 is 2.69 bits per heavy atom. The SMILES string of the molecule is Cc1cc(CN)ccc1Cc1cccnc1. The quantitative estimate of drug-likeness (QED) is 0.848. The molecule has 1 heterocycles. The summed E-state index contributed by atoms with van der Waals surface area (Å²) in [5.74, 6) is 0. The van der Waals surface area contributed by atoms with Crippen LogP contribution in [-0.4, -0.2) is 4.98 Å². The van der Waals surface area contributed by atoms with Gasteiger partial charge in [0.1, 0.15) is 0 Å². The zero-order valence-electron chi connectivity index (χ0n) is 9.48. The number of nitrogens with two attached hydrogens (primary N) is 1. The van der Waals surface area contributed by atoms with Crippen molar-refractivity contribution in [1.82, 2.24) is 4.98 Å². The zero-order chi connectivity index (χ0) is 11.4. The van der Waals surface area contributed by atoms with Crippen LogP contribution in [0.1, 0.15) is 22.3 Å². The average molecular weight is 212 g/mol. The fourth-order valence-corrected chi connectivity index (χ4v) is 1.81. The van der Waals surface area contributed by atoms with Gasteiger partial charge in [0.15, 0.2) is 0 Å². The topological polar surface area (TPSA) is 38.9 Å². The summed E-state index contributed by atoms with van der Waals surface area (Å²) in [6.45, 7) is 2.73. The third-order valence-electron chi connectivity index (χ3n) is 2.76. The van der Waals surface area contributed by atoms with E-state index in [-0.39, 0.29) is 0 Å². The largest absolute Gasteiger partial charge is 0.326 e. The molecular weight excluding hydrogens is 196 g/mol. The first kappa shape index (κ1) is 10.8. The summed E-state index contributed by atoms with van der Waals surface area (Å²) in [6, 6.07) is 10.5. The molecule has 0 radical (unpaired) electrons. The Kier molecular flexibility index (Phi) is 3.32. The second kappa shape index (κ2) is 4.90. The van der Waals surface area contributed by atoms with Crippen molar-refractivity contribution in [2.24, 2.45) is 5.73 Å². The van der Waals surface area contributed by atoms with Gasteiger partial charge in [-0.3, -0.25) is 4.98 Å². The van der Waals surface area contributed by atoms with Crippen molar-refractivity contribution >= 4 is 0 Å². The van der Waals surface area contributed by atoms with Crippen LogP contribution in [0.2, 0.25) is 0 Å². The van der Waals surface area contributed by atoms with E-state index in [4.69, 9.17) is 5.73 Å². The Morgan fingerprint density at radius 2 is 2.06 bits per heavy atom. The van der Waals surface area contributed by atoms with Crippen molar-refractivity contribution in [2.75, 3.05) is 0 Å². The average Bonchev–Trinajstić information content (AvgIpc) is 2.33. The zero-order valence-corrected chi connectivity index (χ0v) is 9.48. The van der Waals surface area contributed by atoms with Crippen LogP contribution in [0.15, 0.2) is 42.7 Å². The molecule has 0 amide bonds. The van der Waals surface area contributed by atoms with E-state index in [2.05, 4.69) is 36.2 Å². The molecule has 0 aliphatic heterocycles. The lowest BCUT2D eigenvalue weighted by molar-refractivity contribution is 1.05. The van der Waals surface area contributed by atoms with Crippen molar-refractivity contribution in [1.29, 1.82) is 0 Å². The Balaban J connectivity index is 2.22. The van der Waals surface area contributed by atoms with Gasteiger partial charge in [-0.1, -0.05) is 24.3 Å². The normalized spacial score (nSPS) is 10.4. The molecule has 1 aromatic carbocycles. The summed E-state index contributed by atoms with van der Waals surface area (Å²) in [5.41, 5.74) is 10.7. The molecule has 2 heteroatoms. The van der Waals surface area contributed by atoms with Crippen molar-refractivity contribution in [3.05, 3.63) is 65.0 Å². The van der Waals surface area contributed by atoms with Crippen molar-refractivity contribution in [2.45, 2.75) is 19.9 Å². The molecule has 0 bridgehead atoms. The Labute approximate surface area is 96.1 Å². The minimum atomic E-state index is 0.605. The maximum Gasteiger partial charge on any atom is 0.0303 e. The van der Waals surface area contributed by atoms with Crippen molar-refractivity contribution in [3.8, 4) is 0 Å². The minimum Gasteiger partial charge on any atom is -0.326 e. The minimum absolute atomic E-state index is 0.605. The molecule has 2 N–H and O–H groups in total. The molecule has 2 aromatic rings. The van der Waals surface area contributed by atoms with Gasteiger partial charge in [0.05, 0.1) is 0 Å². The van der Waals surface area contributed by atoms with E-state index >= 15 is 0 Å². The number of aromatic nitrogens is 1. The van der Waals surface area contributed by atoms with Gasteiger partial charge in [-0.25, -0.2) is 0 Å². The number of pyridine rings is 1. The third kappa shape index (κ3) is 2.47. The van der Waals surface area contributed by atoms with Crippen LogP contribution in [0.25, 0.3) is 0 Å². The molecule has 2 nitrogen and oxygen atoms in total. The molecule has 0 aliphatic rings. The fourth-order valence-electron chi connectivity index (χ4n) is 1.81. The first-order chi connectivity index (χ1) is 7.79. The predicted octanol–water partition coefficient (Wildman–Crippen LogP) is 2.44. The number of rotatable bonds is 3. The van der Waals surface area contributed by atoms with E-state index in [0.717, 1.165) is 6.42 Å². The third-order valence-corrected chi connectivity index (χ3v) is 2.76. The van der Waals surface area contributed by atoms with Crippen LogP contribution in [0.4, 0.5) is 0 Å². The van der Waals surface area contributed by atoms with Gasteiger partial charge in [-0.05, 0) is 41.7 Å². The maximum absolute atomic E-state index is 5.61. The highest BCUT2D eigenvalue weighted by Crippen LogP contribution is 2.14. The smallest absolute Gasteiger partial charge is 0.0303 e. The van der Waals surface area contributed by atoms with Crippen LogP contribution in [0, 0.1) is 6.92 Å². The van der Waals surface area contributed by atoms with E-state index in [1.165, 1.54) is 22.3 Å². The van der Waals surface area contributed by atoms with Gasteiger partial charge in [0.2, 0.25) is 0 Å². The molecule has 0 aliphatic carbocycles. The molecule has 2 rings (SSSR count). The van der Waals surface area contributed by atoms with Gasteiger partial charge in [-0.15, -0.1) is 0 Å². The van der Waals surface area contributed by atoms with Gasteiger partial charge >= 0.3 is 0 Å². The summed E-state index contributed by atoms with van der Waals surface area (Å²) in [5, 5.41) is 0. The maximum atomic E-state index is 5.61. The number of hydrogen-bond donors (Lipinski definition) is 1. The molecular formula is C14H16N2. The van der Waals surface area contributed by atoms with Gasteiger partial charge < -0.3 is 5.73 Å². The second-order valence-electron chi connectivity index (χ2n) is 4.00. The lowest BCUT2D eigenvalue weighted by Gasteiger charge is -2.07. The molecule has 0 atom stereocenters. The van der Waals surface area contributed by atoms with Crippen molar-refractivity contribution in [3.63, 3.8) is 0 Å². The number of aryl methyl sites for hydroxylation is 1. The van der Waals surface area contributed by atoms with Crippen LogP contribution < -0.4 is 5.73 Å². The number of hydrogen-bond acceptors (Lipinski definition) is 2. The van der Waals surface area contributed by atoms with Crippen molar-refractivity contribution < 1.29 is 0 Å². The standard InChI is InChI=1S/C14H16N2/c1-11-7-12(9-15)4-5-14(11)8-13-3-2-6-16-10-13/h2-7,10H,8-9,15H2,1H3. The molecule has 16 heavy (non-hydrogen) atoms. The van der Waals surface area contributed by atoms with E-state index in [1.807, 2.05) is 12.3 Å². The first-order valence-corrected chi connectivity index (χ1v) is 5.47. The highest BCUT2D eigenvalue weighted by molar-refractivity contribution is 5.34. The van der Waals surface area contributed by atoms with E-state index in [9.17, 15) is 0 Å². The molecule has 1 aromatic heterocycles. The summed E-state index contributed by atoms with van der Waals surface area (Å²) < 4.78 is 0. The van der Waals surface area contributed by atoms with Gasteiger partial charge in [0, 0.05) is 18.9 Å². The van der Waals surface area contributed by atoms with Crippen LogP contribution in [0.3, 0.4) is 0 Å². The molecule has 0 spiro atoms. The van der Waals surface area contributed by atoms with Gasteiger partial charge in [0.25, 0.3) is 0 Å². The summed E-state index contributed by atoms with van der Waals surface area (Å²) in [4.78, 5) is 4.12. The number of benzene rings is 1. The first-order valence-electron chi connectivity index (χ1n) is 5.47. The Bertz CT molecular complexity index is 463. The summed E-state index contributed by atoms with van der Waals surface area (Å²) in [7, 11) is 0. The molecule has 0 saturated carbocycles. The molecule has 82 valence electrons. The monoisotopic (exact) mass is 212 g/mol. The van der Waals surface area contributed by atoms with Crippen LogP contribution in [0.5, 0.6) is 0 Å². The lowest BCUT2D eigenvalue weighted by atomic mass is 9.99. The fraction of sp³-hybridized carbons (Fsp3) is 0.214. The Morgan fingerprint density at radius 1 is 1.19 bits per heavy atom. The van der Waals surface area contributed by atoms with Crippen LogP contribution >= 0.6 is 0 Å².